The Kier molecular flexibility index (Phi) is 3.65. The summed E-state index contributed by atoms with van der Waals surface area (Å²) in [5.74, 6) is 4.96. The number of nitrogens with two attached hydrogens (primary N) is 1. The van der Waals surface area contributed by atoms with Crippen molar-refractivity contribution in [1.82, 2.24) is 15.2 Å². The fourth-order valence-electron chi connectivity index (χ4n) is 1.50. The van der Waals surface area contributed by atoms with Crippen LogP contribution in [0.25, 0.3) is 0 Å². The highest BCUT2D eigenvalue weighted by Gasteiger charge is 2.23. The quantitative estimate of drug-likeness (QED) is 0.317. The third-order valence-corrected chi connectivity index (χ3v) is 2.61. The summed E-state index contributed by atoms with van der Waals surface area (Å²) >= 11 is 0. The highest BCUT2D eigenvalue weighted by atomic mass is 16.2. The van der Waals surface area contributed by atoms with Crippen LogP contribution in [0.1, 0.15) is 6.92 Å². The number of nitrogens with zero attached hydrogens (tertiary/aromatic N) is 2. The Labute approximate surface area is 78.8 Å². The van der Waals surface area contributed by atoms with Gasteiger partial charge in [-0.25, -0.2) is 5.84 Å². The number of likely N-dealkylation sites (N-methyl/N-ethyl adjacent to an activating group) is 1. The van der Waals surface area contributed by atoms with E-state index in [0.717, 1.165) is 26.2 Å². The van der Waals surface area contributed by atoms with Crippen molar-refractivity contribution in [1.29, 1.82) is 0 Å². The van der Waals surface area contributed by atoms with Crippen LogP contribution in [0.15, 0.2) is 0 Å². The number of hydrogen-bond donors (Lipinski definition) is 2. The molecule has 0 aromatic rings. The maximum atomic E-state index is 11.2. The summed E-state index contributed by atoms with van der Waals surface area (Å²) in [6.45, 7) is 5.79. The summed E-state index contributed by atoms with van der Waals surface area (Å²) in [6.07, 6.45) is 0. The maximum Gasteiger partial charge on any atom is 0.250 e. The molecule has 13 heavy (non-hydrogen) atoms. The van der Waals surface area contributed by atoms with Gasteiger partial charge in [-0.1, -0.05) is 0 Å². The van der Waals surface area contributed by atoms with Crippen molar-refractivity contribution in [3.63, 3.8) is 0 Å². The Hall–Kier alpha value is -0.650. The molecule has 0 aromatic carbocycles. The van der Waals surface area contributed by atoms with E-state index in [0.29, 0.717) is 0 Å². The van der Waals surface area contributed by atoms with Crippen molar-refractivity contribution < 1.29 is 4.79 Å². The molecule has 1 aliphatic rings. The number of rotatable bonds is 2. The van der Waals surface area contributed by atoms with Crippen LogP contribution in [0.3, 0.4) is 0 Å². The molecule has 1 atom stereocenters. The minimum absolute atomic E-state index is 0.107. The molecule has 0 saturated carbocycles. The van der Waals surface area contributed by atoms with E-state index in [1.165, 1.54) is 0 Å². The number of hydrazine groups is 1. The standard InChI is InChI=1S/C8H18N4O/c1-7(8(13)10-9)12-5-3-11(2)4-6-12/h7H,3-6,9H2,1-2H3,(H,10,13). The lowest BCUT2D eigenvalue weighted by Gasteiger charge is -2.35. The second-order valence-corrected chi connectivity index (χ2v) is 3.52. The van der Waals surface area contributed by atoms with Crippen LogP contribution in [0, 0.1) is 0 Å². The smallest absolute Gasteiger partial charge is 0.250 e. The van der Waals surface area contributed by atoms with Gasteiger partial charge in [-0.3, -0.25) is 15.1 Å². The predicted octanol–water partition coefficient (Wildman–Crippen LogP) is -1.39. The van der Waals surface area contributed by atoms with Gasteiger partial charge in [0.05, 0.1) is 6.04 Å². The second-order valence-electron chi connectivity index (χ2n) is 3.52. The molecular formula is C8H18N4O. The average molecular weight is 186 g/mol. The zero-order valence-corrected chi connectivity index (χ0v) is 8.29. The SMILES string of the molecule is CC(C(=O)NN)N1CCN(C)CC1. The minimum Gasteiger partial charge on any atom is -0.304 e. The van der Waals surface area contributed by atoms with Crippen LogP contribution in [-0.4, -0.2) is 55.0 Å². The molecule has 1 fully saturated rings. The van der Waals surface area contributed by atoms with Crippen LogP contribution in [-0.2, 0) is 4.79 Å². The number of amides is 1. The molecule has 0 aromatic heterocycles. The van der Waals surface area contributed by atoms with Crippen LogP contribution in [0.4, 0.5) is 0 Å². The van der Waals surface area contributed by atoms with Crippen LogP contribution >= 0.6 is 0 Å². The molecule has 1 unspecified atom stereocenters. The highest BCUT2D eigenvalue weighted by Crippen LogP contribution is 2.04. The predicted molar refractivity (Wildman–Crippen MR) is 50.9 cm³/mol. The maximum absolute atomic E-state index is 11.2. The molecule has 3 N–H and O–H groups in total. The average Bonchev–Trinajstić information content (AvgIpc) is 2.17. The molecule has 0 spiro atoms. The molecule has 0 radical (unpaired) electrons. The van der Waals surface area contributed by atoms with E-state index in [2.05, 4.69) is 22.3 Å². The highest BCUT2D eigenvalue weighted by molar-refractivity contribution is 5.80. The molecule has 1 amide bonds. The third-order valence-electron chi connectivity index (χ3n) is 2.61. The summed E-state index contributed by atoms with van der Waals surface area (Å²) in [5, 5.41) is 0. The lowest BCUT2D eigenvalue weighted by atomic mass is 10.2. The molecule has 1 rings (SSSR count). The van der Waals surface area contributed by atoms with Crippen molar-refractivity contribution in [2.75, 3.05) is 33.2 Å². The summed E-state index contributed by atoms with van der Waals surface area (Å²) in [4.78, 5) is 15.6. The van der Waals surface area contributed by atoms with E-state index in [1.807, 2.05) is 6.92 Å². The molecule has 5 nitrogen and oxygen atoms in total. The number of piperazine rings is 1. The second kappa shape index (κ2) is 4.55. The van der Waals surface area contributed by atoms with E-state index in [-0.39, 0.29) is 11.9 Å². The molecule has 5 heteroatoms. The van der Waals surface area contributed by atoms with Crippen molar-refractivity contribution >= 4 is 5.91 Å². The molecule has 1 heterocycles. The van der Waals surface area contributed by atoms with E-state index in [1.54, 1.807) is 0 Å². The number of carbonyl (C=O) groups excluding carboxylic acids is 1. The summed E-state index contributed by atoms with van der Waals surface area (Å²) in [6, 6.07) is -0.112. The fourth-order valence-corrected chi connectivity index (χ4v) is 1.50. The van der Waals surface area contributed by atoms with Gasteiger partial charge >= 0.3 is 0 Å². The van der Waals surface area contributed by atoms with Gasteiger partial charge in [0.2, 0.25) is 0 Å². The van der Waals surface area contributed by atoms with Crippen LogP contribution < -0.4 is 11.3 Å². The van der Waals surface area contributed by atoms with E-state index in [9.17, 15) is 4.79 Å². The van der Waals surface area contributed by atoms with Gasteiger partial charge in [0, 0.05) is 26.2 Å². The first-order chi connectivity index (χ1) is 6.15. The zero-order valence-electron chi connectivity index (χ0n) is 8.29. The van der Waals surface area contributed by atoms with Gasteiger partial charge in [-0.05, 0) is 14.0 Å². The Morgan fingerprint density at radius 1 is 1.38 bits per heavy atom. The van der Waals surface area contributed by atoms with Gasteiger partial charge in [-0.15, -0.1) is 0 Å². The normalized spacial score (nSPS) is 22.7. The van der Waals surface area contributed by atoms with Crippen molar-refractivity contribution in [3.8, 4) is 0 Å². The Balaban J connectivity index is 2.39. The first-order valence-corrected chi connectivity index (χ1v) is 4.58. The van der Waals surface area contributed by atoms with Gasteiger partial charge in [0.25, 0.3) is 5.91 Å². The zero-order chi connectivity index (χ0) is 9.84. The van der Waals surface area contributed by atoms with E-state index < -0.39 is 0 Å². The Morgan fingerprint density at radius 2 is 1.92 bits per heavy atom. The topological polar surface area (TPSA) is 61.6 Å². The van der Waals surface area contributed by atoms with Gasteiger partial charge in [0.15, 0.2) is 0 Å². The number of hydrogen-bond acceptors (Lipinski definition) is 4. The lowest BCUT2D eigenvalue weighted by molar-refractivity contribution is -0.126. The van der Waals surface area contributed by atoms with Crippen LogP contribution in [0.5, 0.6) is 0 Å². The Bertz CT molecular complexity index is 177. The van der Waals surface area contributed by atoms with Gasteiger partial charge in [-0.2, -0.15) is 0 Å². The molecule has 1 aliphatic heterocycles. The monoisotopic (exact) mass is 186 g/mol. The first-order valence-electron chi connectivity index (χ1n) is 4.58. The molecule has 76 valence electrons. The summed E-state index contributed by atoms with van der Waals surface area (Å²) < 4.78 is 0. The van der Waals surface area contributed by atoms with Crippen molar-refractivity contribution in [2.45, 2.75) is 13.0 Å². The first kappa shape index (κ1) is 10.4. The molecular weight excluding hydrogens is 168 g/mol. The minimum atomic E-state index is -0.112. The third kappa shape index (κ3) is 2.65. The number of carbonyl (C=O) groups is 1. The van der Waals surface area contributed by atoms with E-state index >= 15 is 0 Å². The van der Waals surface area contributed by atoms with Crippen molar-refractivity contribution in [3.05, 3.63) is 0 Å². The molecule has 1 saturated heterocycles. The fraction of sp³-hybridized carbons (Fsp3) is 0.875. The Morgan fingerprint density at radius 3 is 2.38 bits per heavy atom. The van der Waals surface area contributed by atoms with Gasteiger partial charge < -0.3 is 4.90 Å². The van der Waals surface area contributed by atoms with E-state index in [4.69, 9.17) is 5.84 Å². The number of nitrogens with one attached hydrogen (secondary N) is 1. The van der Waals surface area contributed by atoms with Gasteiger partial charge in [0.1, 0.15) is 0 Å². The summed E-state index contributed by atoms with van der Waals surface area (Å²) in [5.41, 5.74) is 2.18. The molecule has 0 bridgehead atoms. The summed E-state index contributed by atoms with van der Waals surface area (Å²) in [7, 11) is 2.09. The van der Waals surface area contributed by atoms with Crippen LogP contribution in [0.2, 0.25) is 0 Å². The molecule has 0 aliphatic carbocycles. The van der Waals surface area contributed by atoms with Crippen molar-refractivity contribution in [2.24, 2.45) is 5.84 Å². The largest absolute Gasteiger partial charge is 0.304 e. The lowest BCUT2D eigenvalue weighted by Crippen LogP contribution is -2.54.